The summed E-state index contributed by atoms with van der Waals surface area (Å²) in [5.41, 5.74) is 3.17. The van der Waals surface area contributed by atoms with Crippen LogP contribution in [0.25, 0.3) is 11.3 Å². The van der Waals surface area contributed by atoms with Crippen molar-refractivity contribution in [1.82, 2.24) is 9.97 Å². The van der Waals surface area contributed by atoms with E-state index in [1.807, 2.05) is 25.1 Å². The molecule has 0 radical (unpaired) electrons. The van der Waals surface area contributed by atoms with E-state index in [-0.39, 0.29) is 0 Å². The minimum atomic E-state index is 0.614. The molecule has 0 aromatic carbocycles. The van der Waals surface area contributed by atoms with Crippen LogP contribution in [0.2, 0.25) is 0 Å². The summed E-state index contributed by atoms with van der Waals surface area (Å²) in [6, 6.07) is 9.52. The molecule has 72 valence electrons. The van der Waals surface area contributed by atoms with E-state index in [2.05, 4.69) is 16.0 Å². The molecule has 3 heteroatoms. The Kier molecular flexibility index (Phi) is 2.42. The van der Waals surface area contributed by atoms with Crippen molar-refractivity contribution in [1.29, 1.82) is 5.26 Å². The topological polar surface area (TPSA) is 49.6 Å². The van der Waals surface area contributed by atoms with Gasteiger partial charge in [-0.2, -0.15) is 5.26 Å². The largest absolute Gasteiger partial charge is 0.264 e. The van der Waals surface area contributed by atoms with Crippen LogP contribution >= 0.6 is 0 Å². The summed E-state index contributed by atoms with van der Waals surface area (Å²) in [6.07, 6.45) is 3.48. The zero-order valence-corrected chi connectivity index (χ0v) is 8.31. The second kappa shape index (κ2) is 3.89. The molecule has 15 heavy (non-hydrogen) atoms. The second-order valence-corrected chi connectivity index (χ2v) is 3.18. The van der Waals surface area contributed by atoms with Gasteiger partial charge in [-0.05, 0) is 31.2 Å². The molecule has 0 saturated heterocycles. The van der Waals surface area contributed by atoms with Crippen LogP contribution in [0.3, 0.4) is 0 Å². The molecule has 0 unspecified atom stereocenters. The SMILES string of the molecule is Cc1nc(-c2cccnc2)ccc1C#N. The Morgan fingerprint density at radius 1 is 1.27 bits per heavy atom. The molecule has 0 aliphatic rings. The molecule has 2 aromatic heterocycles. The molecule has 0 spiro atoms. The van der Waals surface area contributed by atoms with Gasteiger partial charge in [0.2, 0.25) is 0 Å². The Morgan fingerprint density at radius 2 is 2.13 bits per heavy atom. The number of nitriles is 1. The Labute approximate surface area is 88.1 Å². The fraction of sp³-hybridized carbons (Fsp3) is 0.0833. The molecule has 2 heterocycles. The van der Waals surface area contributed by atoms with E-state index in [0.717, 1.165) is 17.0 Å². The highest BCUT2D eigenvalue weighted by molar-refractivity contribution is 5.58. The van der Waals surface area contributed by atoms with Crippen molar-refractivity contribution < 1.29 is 0 Å². The number of aryl methyl sites for hydroxylation is 1. The third-order valence-corrected chi connectivity index (χ3v) is 2.16. The van der Waals surface area contributed by atoms with E-state index in [1.54, 1.807) is 18.5 Å². The maximum absolute atomic E-state index is 8.78. The fourth-order valence-corrected chi connectivity index (χ4v) is 1.35. The normalized spacial score (nSPS) is 9.60. The van der Waals surface area contributed by atoms with Gasteiger partial charge in [0.1, 0.15) is 6.07 Å². The van der Waals surface area contributed by atoms with E-state index in [9.17, 15) is 0 Å². The van der Waals surface area contributed by atoms with Crippen LogP contribution in [0.5, 0.6) is 0 Å². The monoisotopic (exact) mass is 195 g/mol. The predicted octanol–water partition coefficient (Wildman–Crippen LogP) is 2.32. The third kappa shape index (κ3) is 1.84. The van der Waals surface area contributed by atoms with Gasteiger partial charge < -0.3 is 0 Å². The van der Waals surface area contributed by atoms with Gasteiger partial charge in [-0.3, -0.25) is 9.97 Å². The highest BCUT2D eigenvalue weighted by Crippen LogP contribution is 2.16. The molecule has 0 aliphatic carbocycles. The highest BCUT2D eigenvalue weighted by atomic mass is 14.7. The average Bonchev–Trinajstić information content (AvgIpc) is 2.30. The van der Waals surface area contributed by atoms with E-state index < -0.39 is 0 Å². The van der Waals surface area contributed by atoms with Gasteiger partial charge in [0, 0.05) is 18.0 Å². The lowest BCUT2D eigenvalue weighted by molar-refractivity contribution is 1.18. The zero-order valence-electron chi connectivity index (χ0n) is 8.31. The molecular formula is C12H9N3. The first-order valence-corrected chi connectivity index (χ1v) is 4.59. The van der Waals surface area contributed by atoms with Crippen LogP contribution in [0, 0.1) is 18.3 Å². The van der Waals surface area contributed by atoms with Crippen LogP contribution in [-0.4, -0.2) is 9.97 Å². The first kappa shape index (κ1) is 9.35. The molecular weight excluding hydrogens is 186 g/mol. The number of aromatic nitrogens is 2. The molecule has 0 amide bonds. The van der Waals surface area contributed by atoms with E-state index >= 15 is 0 Å². The lowest BCUT2D eigenvalue weighted by Gasteiger charge is -2.02. The molecule has 2 rings (SSSR count). The molecule has 3 nitrogen and oxygen atoms in total. The van der Waals surface area contributed by atoms with E-state index in [1.165, 1.54) is 0 Å². The maximum Gasteiger partial charge on any atom is 0.101 e. The molecule has 0 N–H and O–H groups in total. The van der Waals surface area contributed by atoms with Crippen molar-refractivity contribution >= 4 is 0 Å². The molecule has 0 fully saturated rings. The van der Waals surface area contributed by atoms with Crippen LogP contribution in [0.15, 0.2) is 36.7 Å². The van der Waals surface area contributed by atoms with Gasteiger partial charge >= 0.3 is 0 Å². The van der Waals surface area contributed by atoms with Gasteiger partial charge in [0.15, 0.2) is 0 Å². The van der Waals surface area contributed by atoms with Crippen molar-refractivity contribution in [3.05, 3.63) is 47.9 Å². The van der Waals surface area contributed by atoms with Crippen molar-refractivity contribution in [3.8, 4) is 17.3 Å². The van der Waals surface area contributed by atoms with Gasteiger partial charge in [-0.25, -0.2) is 0 Å². The Hall–Kier alpha value is -2.21. The van der Waals surface area contributed by atoms with Gasteiger partial charge in [0.05, 0.1) is 17.0 Å². The lowest BCUT2D eigenvalue weighted by Crippen LogP contribution is -1.91. The molecule has 0 saturated carbocycles. The standard InChI is InChI=1S/C12H9N3/c1-9-10(7-13)4-5-12(15-9)11-3-2-6-14-8-11/h2-6,8H,1H3. The number of hydrogen-bond acceptors (Lipinski definition) is 3. The van der Waals surface area contributed by atoms with E-state index in [0.29, 0.717) is 5.56 Å². The Balaban J connectivity index is 2.49. The summed E-state index contributed by atoms with van der Waals surface area (Å²) < 4.78 is 0. The summed E-state index contributed by atoms with van der Waals surface area (Å²) >= 11 is 0. The van der Waals surface area contributed by atoms with Crippen molar-refractivity contribution in [3.63, 3.8) is 0 Å². The molecule has 0 bridgehead atoms. The first-order chi connectivity index (χ1) is 7.31. The summed E-state index contributed by atoms with van der Waals surface area (Å²) in [6.45, 7) is 1.83. The van der Waals surface area contributed by atoms with Gasteiger partial charge in [-0.15, -0.1) is 0 Å². The van der Waals surface area contributed by atoms with E-state index in [4.69, 9.17) is 5.26 Å². The summed E-state index contributed by atoms with van der Waals surface area (Å²) in [4.78, 5) is 8.38. The van der Waals surface area contributed by atoms with Crippen LogP contribution in [0.1, 0.15) is 11.3 Å². The van der Waals surface area contributed by atoms with Crippen molar-refractivity contribution in [2.75, 3.05) is 0 Å². The maximum atomic E-state index is 8.78. The average molecular weight is 195 g/mol. The summed E-state index contributed by atoms with van der Waals surface area (Å²) in [5, 5.41) is 8.78. The molecule has 0 aliphatic heterocycles. The number of nitrogens with zero attached hydrogens (tertiary/aromatic N) is 3. The first-order valence-electron chi connectivity index (χ1n) is 4.59. The second-order valence-electron chi connectivity index (χ2n) is 3.18. The van der Waals surface area contributed by atoms with Crippen molar-refractivity contribution in [2.45, 2.75) is 6.92 Å². The van der Waals surface area contributed by atoms with Gasteiger partial charge in [0.25, 0.3) is 0 Å². The summed E-state index contributed by atoms with van der Waals surface area (Å²) in [5.74, 6) is 0. The smallest absolute Gasteiger partial charge is 0.101 e. The summed E-state index contributed by atoms with van der Waals surface area (Å²) in [7, 11) is 0. The zero-order chi connectivity index (χ0) is 10.7. The van der Waals surface area contributed by atoms with Crippen molar-refractivity contribution in [2.24, 2.45) is 0 Å². The minimum absolute atomic E-state index is 0.614. The van der Waals surface area contributed by atoms with Crippen LogP contribution in [-0.2, 0) is 0 Å². The van der Waals surface area contributed by atoms with Crippen LogP contribution in [0.4, 0.5) is 0 Å². The Bertz CT molecular complexity index is 512. The minimum Gasteiger partial charge on any atom is -0.264 e. The van der Waals surface area contributed by atoms with Crippen LogP contribution < -0.4 is 0 Å². The number of pyridine rings is 2. The quantitative estimate of drug-likeness (QED) is 0.701. The lowest BCUT2D eigenvalue weighted by atomic mass is 10.1. The number of hydrogen-bond donors (Lipinski definition) is 0. The predicted molar refractivity (Wildman–Crippen MR) is 56.9 cm³/mol. The Morgan fingerprint density at radius 3 is 2.73 bits per heavy atom. The fourth-order valence-electron chi connectivity index (χ4n) is 1.35. The molecule has 2 aromatic rings. The third-order valence-electron chi connectivity index (χ3n) is 2.16. The number of rotatable bonds is 1. The highest BCUT2D eigenvalue weighted by Gasteiger charge is 2.02. The van der Waals surface area contributed by atoms with Gasteiger partial charge in [-0.1, -0.05) is 0 Å². The molecule has 0 atom stereocenters.